The van der Waals surface area contributed by atoms with Crippen molar-refractivity contribution in [3.05, 3.63) is 24.0 Å². The summed E-state index contributed by atoms with van der Waals surface area (Å²) in [5, 5.41) is 11.6. The Kier molecular flexibility index (Phi) is 3.80. The third kappa shape index (κ3) is 5.11. The molecule has 0 fully saturated rings. The van der Waals surface area contributed by atoms with Gasteiger partial charge in [0.25, 0.3) is 0 Å². The van der Waals surface area contributed by atoms with Crippen LogP contribution in [-0.2, 0) is 0 Å². The maximum Gasteiger partial charge on any atom is 0.108 e. The van der Waals surface area contributed by atoms with Crippen LogP contribution in [-0.4, -0.2) is 18.7 Å². The standard InChI is InChI=1S/C7H13NO/c1-6(5-8-3)4-7(2)9/h4,8-9H,2,5H2,1,3H3/b6-4-. The van der Waals surface area contributed by atoms with Crippen molar-refractivity contribution in [1.82, 2.24) is 5.32 Å². The van der Waals surface area contributed by atoms with Gasteiger partial charge < -0.3 is 10.4 Å². The van der Waals surface area contributed by atoms with Crippen LogP contribution in [0.5, 0.6) is 0 Å². The molecule has 0 atom stereocenters. The van der Waals surface area contributed by atoms with Gasteiger partial charge in [0.1, 0.15) is 5.76 Å². The van der Waals surface area contributed by atoms with Gasteiger partial charge in [0.05, 0.1) is 0 Å². The Labute approximate surface area is 55.9 Å². The van der Waals surface area contributed by atoms with E-state index >= 15 is 0 Å². The lowest BCUT2D eigenvalue weighted by Crippen LogP contribution is -2.08. The molecule has 0 saturated heterocycles. The third-order valence-electron chi connectivity index (χ3n) is 0.869. The van der Waals surface area contributed by atoms with Gasteiger partial charge in [-0.1, -0.05) is 12.2 Å². The van der Waals surface area contributed by atoms with E-state index in [1.165, 1.54) is 0 Å². The minimum Gasteiger partial charge on any atom is -0.509 e. The topological polar surface area (TPSA) is 32.3 Å². The lowest BCUT2D eigenvalue weighted by atomic mass is 10.3. The summed E-state index contributed by atoms with van der Waals surface area (Å²) in [6, 6.07) is 0. The Morgan fingerprint density at radius 1 is 1.78 bits per heavy atom. The summed E-state index contributed by atoms with van der Waals surface area (Å²) < 4.78 is 0. The second-order valence-electron chi connectivity index (χ2n) is 2.01. The van der Waals surface area contributed by atoms with Crippen molar-refractivity contribution in [2.75, 3.05) is 13.6 Å². The number of aliphatic hydroxyl groups excluding tert-OH is 1. The fourth-order valence-corrected chi connectivity index (χ4v) is 0.614. The number of aliphatic hydroxyl groups is 1. The molecule has 0 aromatic carbocycles. The van der Waals surface area contributed by atoms with Crippen molar-refractivity contribution >= 4 is 0 Å². The molecular formula is C7H13NO. The smallest absolute Gasteiger partial charge is 0.108 e. The second kappa shape index (κ2) is 4.15. The summed E-state index contributed by atoms with van der Waals surface area (Å²) in [6.45, 7) is 6.05. The quantitative estimate of drug-likeness (QED) is 0.441. The van der Waals surface area contributed by atoms with E-state index < -0.39 is 0 Å². The van der Waals surface area contributed by atoms with Gasteiger partial charge in [0.2, 0.25) is 0 Å². The normalized spacial score (nSPS) is 11.6. The Morgan fingerprint density at radius 2 is 2.33 bits per heavy atom. The fourth-order valence-electron chi connectivity index (χ4n) is 0.614. The van der Waals surface area contributed by atoms with Gasteiger partial charge in [-0.25, -0.2) is 0 Å². The molecule has 0 aromatic rings. The van der Waals surface area contributed by atoms with E-state index in [0.717, 1.165) is 12.1 Å². The van der Waals surface area contributed by atoms with Crippen LogP contribution in [0.15, 0.2) is 24.0 Å². The largest absolute Gasteiger partial charge is 0.509 e. The van der Waals surface area contributed by atoms with E-state index in [0.29, 0.717) is 0 Å². The molecule has 2 N–H and O–H groups in total. The molecule has 2 heteroatoms. The van der Waals surface area contributed by atoms with Crippen LogP contribution in [0.4, 0.5) is 0 Å². The molecule has 0 bridgehead atoms. The van der Waals surface area contributed by atoms with Crippen molar-refractivity contribution in [1.29, 1.82) is 0 Å². The molecule has 0 saturated carbocycles. The summed E-state index contributed by atoms with van der Waals surface area (Å²) in [6.07, 6.45) is 1.64. The number of hydrogen-bond donors (Lipinski definition) is 2. The molecule has 0 heterocycles. The Hall–Kier alpha value is -0.760. The van der Waals surface area contributed by atoms with Crippen LogP contribution in [0.25, 0.3) is 0 Å². The summed E-state index contributed by atoms with van der Waals surface area (Å²) in [7, 11) is 1.86. The third-order valence-corrected chi connectivity index (χ3v) is 0.869. The number of likely N-dealkylation sites (N-methyl/N-ethyl adjacent to an activating group) is 1. The van der Waals surface area contributed by atoms with Crippen molar-refractivity contribution in [2.24, 2.45) is 0 Å². The zero-order valence-electron chi connectivity index (χ0n) is 5.94. The first-order chi connectivity index (χ1) is 4.16. The highest BCUT2D eigenvalue weighted by molar-refractivity contribution is 5.13. The minimum atomic E-state index is 0.114. The monoisotopic (exact) mass is 127 g/mol. The fraction of sp³-hybridized carbons (Fsp3) is 0.429. The molecule has 2 nitrogen and oxygen atoms in total. The number of rotatable bonds is 3. The number of nitrogens with one attached hydrogen (secondary N) is 1. The van der Waals surface area contributed by atoms with Gasteiger partial charge in [-0.3, -0.25) is 0 Å². The Morgan fingerprint density at radius 3 is 2.67 bits per heavy atom. The average molecular weight is 127 g/mol. The molecule has 0 unspecified atom stereocenters. The van der Waals surface area contributed by atoms with Gasteiger partial charge >= 0.3 is 0 Å². The molecule has 0 amide bonds. The molecule has 0 radical (unpaired) electrons. The van der Waals surface area contributed by atoms with E-state index in [2.05, 4.69) is 11.9 Å². The summed E-state index contributed by atoms with van der Waals surface area (Å²) in [5.74, 6) is 0.114. The van der Waals surface area contributed by atoms with E-state index in [1.54, 1.807) is 6.08 Å². The first kappa shape index (κ1) is 8.24. The average Bonchev–Trinajstić information content (AvgIpc) is 1.63. The highest BCUT2D eigenvalue weighted by Gasteiger charge is 1.85. The van der Waals surface area contributed by atoms with Gasteiger partial charge in [0, 0.05) is 6.54 Å². The first-order valence-corrected chi connectivity index (χ1v) is 2.86. The lowest BCUT2D eigenvalue weighted by molar-refractivity contribution is 0.434. The molecule has 0 aliphatic rings. The zero-order chi connectivity index (χ0) is 7.28. The highest BCUT2D eigenvalue weighted by Crippen LogP contribution is 1.93. The predicted octanol–water partition coefficient (Wildman–Crippen LogP) is 1.22. The second-order valence-corrected chi connectivity index (χ2v) is 2.01. The molecule has 0 aliphatic heterocycles. The summed E-state index contributed by atoms with van der Waals surface area (Å²) in [5.41, 5.74) is 1.07. The molecular weight excluding hydrogens is 114 g/mol. The van der Waals surface area contributed by atoms with E-state index in [9.17, 15) is 0 Å². The van der Waals surface area contributed by atoms with Crippen LogP contribution >= 0.6 is 0 Å². The van der Waals surface area contributed by atoms with Crippen LogP contribution in [0.2, 0.25) is 0 Å². The minimum absolute atomic E-state index is 0.114. The van der Waals surface area contributed by atoms with Crippen LogP contribution in [0.1, 0.15) is 6.92 Å². The Balaban J connectivity index is 3.69. The van der Waals surface area contributed by atoms with Gasteiger partial charge in [0.15, 0.2) is 0 Å². The molecule has 9 heavy (non-hydrogen) atoms. The van der Waals surface area contributed by atoms with Crippen molar-refractivity contribution in [3.8, 4) is 0 Å². The summed E-state index contributed by atoms with van der Waals surface area (Å²) in [4.78, 5) is 0. The molecule has 0 aromatic heterocycles. The summed E-state index contributed by atoms with van der Waals surface area (Å²) >= 11 is 0. The molecule has 52 valence electrons. The van der Waals surface area contributed by atoms with Gasteiger partial charge in [-0.05, 0) is 20.0 Å². The highest BCUT2D eigenvalue weighted by atomic mass is 16.3. The van der Waals surface area contributed by atoms with Gasteiger partial charge in [-0.15, -0.1) is 0 Å². The zero-order valence-corrected chi connectivity index (χ0v) is 5.94. The van der Waals surface area contributed by atoms with Gasteiger partial charge in [-0.2, -0.15) is 0 Å². The SMILES string of the molecule is C=C(O)/C=C(/C)CNC. The molecule has 0 spiro atoms. The molecule has 0 aliphatic carbocycles. The maximum absolute atomic E-state index is 8.65. The Bertz CT molecular complexity index is 127. The number of hydrogen-bond acceptors (Lipinski definition) is 2. The number of allylic oxidation sites excluding steroid dienone is 1. The van der Waals surface area contributed by atoms with Crippen molar-refractivity contribution < 1.29 is 5.11 Å². The predicted molar refractivity (Wildman–Crippen MR) is 39.5 cm³/mol. The first-order valence-electron chi connectivity index (χ1n) is 2.86. The van der Waals surface area contributed by atoms with Crippen molar-refractivity contribution in [2.45, 2.75) is 6.92 Å². The maximum atomic E-state index is 8.65. The van der Waals surface area contributed by atoms with E-state index in [1.807, 2.05) is 14.0 Å². The van der Waals surface area contributed by atoms with Crippen LogP contribution in [0.3, 0.4) is 0 Å². The molecule has 0 rings (SSSR count). The van der Waals surface area contributed by atoms with Crippen LogP contribution in [0, 0.1) is 0 Å². The van der Waals surface area contributed by atoms with E-state index in [4.69, 9.17) is 5.11 Å². The van der Waals surface area contributed by atoms with E-state index in [-0.39, 0.29) is 5.76 Å². The lowest BCUT2D eigenvalue weighted by Gasteiger charge is -1.96. The van der Waals surface area contributed by atoms with Crippen molar-refractivity contribution in [3.63, 3.8) is 0 Å². The van der Waals surface area contributed by atoms with Crippen LogP contribution < -0.4 is 5.32 Å².